The van der Waals surface area contributed by atoms with E-state index in [1.54, 1.807) is 10.6 Å². The number of fused-ring (bicyclic) bond motifs is 1. The number of hydrogen-bond acceptors (Lipinski definition) is 5. The minimum Gasteiger partial charge on any atom is -0.369 e. The molecule has 1 aliphatic heterocycles. The first kappa shape index (κ1) is 18.4. The van der Waals surface area contributed by atoms with Crippen LogP contribution in [0.3, 0.4) is 0 Å². The van der Waals surface area contributed by atoms with E-state index in [1.165, 1.54) is 30.5 Å². The van der Waals surface area contributed by atoms with Crippen LogP contribution in [0.25, 0.3) is 0 Å². The van der Waals surface area contributed by atoms with Gasteiger partial charge in [-0.25, -0.2) is 14.4 Å². The maximum absolute atomic E-state index is 14.7. The Kier molecular flexibility index (Phi) is 4.35. The van der Waals surface area contributed by atoms with Crippen LogP contribution in [0.1, 0.15) is 34.2 Å². The van der Waals surface area contributed by atoms with Crippen LogP contribution in [-0.2, 0) is 12.0 Å². The number of nitrogens with one attached hydrogen (secondary N) is 1. The Bertz CT molecular complexity index is 1170. The predicted octanol–water partition coefficient (Wildman–Crippen LogP) is 2.78. The summed E-state index contributed by atoms with van der Waals surface area (Å²) in [5.74, 6) is -0.606. The lowest BCUT2D eigenvalue weighted by Crippen LogP contribution is -2.37. The zero-order valence-corrected chi connectivity index (χ0v) is 15.6. The van der Waals surface area contributed by atoms with Gasteiger partial charge in [-0.05, 0) is 49.4 Å². The summed E-state index contributed by atoms with van der Waals surface area (Å²) < 4.78 is 16.5. The van der Waals surface area contributed by atoms with Gasteiger partial charge in [-0.15, -0.1) is 0 Å². The average molecular weight is 388 g/mol. The molecule has 0 spiro atoms. The number of pyridine rings is 1. The molecule has 0 saturated carbocycles. The molecule has 144 valence electrons. The molecule has 0 saturated heterocycles. The molecule has 0 radical (unpaired) electrons. The number of benzene rings is 1. The normalized spacial score (nSPS) is 17.8. The van der Waals surface area contributed by atoms with Gasteiger partial charge in [0.25, 0.3) is 5.91 Å². The predicted molar refractivity (Wildman–Crippen MR) is 106 cm³/mol. The number of nitriles is 1. The lowest BCUT2D eigenvalue weighted by atomic mass is 9.86. The smallest absolute Gasteiger partial charge is 0.274 e. The Morgan fingerprint density at radius 2 is 2.17 bits per heavy atom. The first-order valence-electron chi connectivity index (χ1n) is 8.89. The van der Waals surface area contributed by atoms with E-state index in [4.69, 9.17) is 11.0 Å². The van der Waals surface area contributed by atoms with Gasteiger partial charge >= 0.3 is 0 Å². The number of amides is 1. The van der Waals surface area contributed by atoms with Crippen molar-refractivity contribution >= 4 is 17.6 Å². The topological polar surface area (TPSA) is 109 Å². The van der Waals surface area contributed by atoms with Crippen molar-refractivity contribution in [3.63, 3.8) is 0 Å². The van der Waals surface area contributed by atoms with Crippen molar-refractivity contribution in [2.24, 2.45) is 10.7 Å². The molecule has 1 unspecified atom stereocenters. The largest absolute Gasteiger partial charge is 0.369 e. The standard InChI is InChI=1S/C21H17FN6O/c1-21(10-15-3-2-8-28(15)20(24)27-21)16-9-14(5-6-17(16)22)26-19(29)18-7-4-13(11-23)12-25-18/h2-9,12H,10H2,1H3,(H2,24,27)(H,26,29). The lowest BCUT2D eigenvalue weighted by Gasteiger charge is -2.31. The number of nitrogens with zero attached hydrogens (tertiary/aromatic N) is 4. The summed E-state index contributed by atoms with van der Waals surface area (Å²) in [6.07, 6.45) is 3.60. The third-order valence-corrected chi connectivity index (χ3v) is 4.90. The molecule has 3 N–H and O–H groups in total. The van der Waals surface area contributed by atoms with Gasteiger partial charge in [0.1, 0.15) is 17.6 Å². The first-order chi connectivity index (χ1) is 13.9. The summed E-state index contributed by atoms with van der Waals surface area (Å²) in [4.78, 5) is 20.9. The van der Waals surface area contributed by atoms with E-state index in [9.17, 15) is 9.18 Å². The summed E-state index contributed by atoms with van der Waals surface area (Å²) in [6, 6.07) is 13.0. The van der Waals surface area contributed by atoms with Crippen LogP contribution < -0.4 is 11.1 Å². The zero-order chi connectivity index (χ0) is 20.6. The molecule has 29 heavy (non-hydrogen) atoms. The van der Waals surface area contributed by atoms with Crippen molar-refractivity contribution < 1.29 is 9.18 Å². The second-order valence-corrected chi connectivity index (χ2v) is 6.98. The molecule has 4 rings (SSSR count). The van der Waals surface area contributed by atoms with Gasteiger partial charge in [0.05, 0.1) is 11.1 Å². The molecule has 2 aromatic heterocycles. The fourth-order valence-corrected chi connectivity index (χ4v) is 3.44. The third kappa shape index (κ3) is 3.34. The summed E-state index contributed by atoms with van der Waals surface area (Å²) >= 11 is 0. The van der Waals surface area contributed by atoms with Gasteiger partial charge in [-0.1, -0.05) is 0 Å². The molecule has 1 aromatic carbocycles. The second-order valence-electron chi connectivity index (χ2n) is 6.98. The van der Waals surface area contributed by atoms with Crippen molar-refractivity contribution in [3.8, 4) is 6.07 Å². The Labute approximate surface area is 166 Å². The van der Waals surface area contributed by atoms with Crippen molar-refractivity contribution in [2.45, 2.75) is 18.9 Å². The fraction of sp³-hybridized carbons (Fsp3) is 0.143. The average Bonchev–Trinajstić information content (AvgIpc) is 3.18. The van der Waals surface area contributed by atoms with Crippen molar-refractivity contribution in [1.29, 1.82) is 5.26 Å². The van der Waals surface area contributed by atoms with Gasteiger partial charge in [-0.2, -0.15) is 5.26 Å². The maximum atomic E-state index is 14.7. The number of anilines is 1. The SMILES string of the molecule is CC1(c2cc(NC(=O)c3ccc(C#N)cn3)ccc2F)Cc2cccn2C(N)=N1. The minimum absolute atomic E-state index is 0.152. The van der Waals surface area contributed by atoms with Gasteiger partial charge in [0.15, 0.2) is 0 Å². The summed E-state index contributed by atoms with van der Waals surface area (Å²) in [6.45, 7) is 1.81. The Morgan fingerprint density at radius 3 is 2.90 bits per heavy atom. The summed E-state index contributed by atoms with van der Waals surface area (Å²) in [5.41, 5.74) is 7.33. The highest BCUT2D eigenvalue weighted by molar-refractivity contribution is 6.02. The van der Waals surface area contributed by atoms with Crippen molar-refractivity contribution in [1.82, 2.24) is 9.55 Å². The number of carbonyl (C=O) groups excluding carboxylic acids is 1. The molecule has 7 nitrogen and oxygen atoms in total. The number of rotatable bonds is 3. The zero-order valence-electron chi connectivity index (χ0n) is 15.6. The van der Waals surface area contributed by atoms with Crippen LogP contribution in [0.15, 0.2) is 59.9 Å². The molecule has 1 amide bonds. The number of aromatic nitrogens is 2. The molecule has 3 aromatic rings. The Hall–Kier alpha value is -3.99. The fourth-order valence-electron chi connectivity index (χ4n) is 3.44. The van der Waals surface area contributed by atoms with Crippen LogP contribution in [0.4, 0.5) is 10.1 Å². The first-order valence-corrected chi connectivity index (χ1v) is 8.89. The molecule has 0 fully saturated rings. The highest BCUT2D eigenvalue weighted by Crippen LogP contribution is 2.35. The van der Waals surface area contributed by atoms with Gasteiger partial charge in [-0.3, -0.25) is 9.36 Å². The highest BCUT2D eigenvalue weighted by Gasteiger charge is 2.34. The highest BCUT2D eigenvalue weighted by atomic mass is 19.1. The van der Waals surface area contributed by atoms with Crippen LogP contribution in [0, 0.1) is 17.1 Å². The van der Waals surface area contributed by atoms with E-state index in [0.717, 1.165) is 5.69 Å². The maximum Gasteiger partial charge on any atom is 0.274 e. The Morgan fingerprint density at radius 1 is 1.34 bits per heavy atom. The molecule has 8 heteroatoms. The number of carbonyl (C=O) groups is 1. The van der Waals surface area contributed by atoms with Crippen molar-refractivity contribution in [3.05, 3.63) is 83.2 Å². The van der Waals surface area contributed by atoms with E-state index >= 15 is 0 Å². The monoisotopic (exact) mass is 388 g/mol. The number of aliphatic imine (C=N–C) groups is 1. The third-order valence-electron chi connectivity index (χ3n) is 4.90. The number of nitrogens with two attached hydrogens (primary N) is 1. The van der Waals surface area contributed by atoms with Gasteiger partial charge in [0, 0.05) is 35.8 Å². The molecule has 1 atom stereocenters. The van der Waals surface area contributed by atoms with Crippen LogP contribution in [0.5, 0.6) is 0 Å². The number of halogens is 1. The van der Waals surface area contributed by atoms with Crippen LogP contribution in [-0.4, -0.2) is 21.4 Å². The molecule has 0 aliphatic carbocycles. The number of hydrogen-bond donors (Lipinski definition) is 2. The molecule has 0 bridgehead atoms. The van der Waals surface area contributed by atoms with Gasteiger partial charge in [0.2, 0.25) is 5.96 Å². The van der Waals surface area contributed by atoms with Gasteiger partial charge < -0.3 is 11.1 Å². The molecule has 1 aliphatic rings. The van der Waals surface area contributed by atoms with Crippen molar-refractivity contribution in [2.75, 3.05) is 5.32 Å². The minimum atomic E-state index is -0.907. The summed E-state index contributed by atoms with van der Waals surface area (Å²) in [7, 11) is 0. The van der Waals surface area contributed by atoms with E-state index in [0.29, 0.717) is 23.2 Å². The van der Waals surface area contributed by atoms with Crippen LogP contribution >= 0.6 is 0 Å². The molecular weight excluding hydrogens is 371 g/mol. The lowest BCUT2D eigenvalue weighted by molar-refractivity contribution is 0.102. The molecule has 3 heterocycles. The molecular formula is C21H17FN6O. The quantitative estimate of drug-likeness (QED) is 0.719. The van der Waals surface area contributed by atoms with Crippen LogP contribution in [0.2, 0.25) is 0 Å². The second kappa shape index (κ2) is 6.87. The van der Waals surface area contributed by atoms with E-state index in [1.807, 2.05) is 31.3 Å². The van der Waals surface area contributed by atoms with E-state index in [2.05, 4.69) is 15.3 Å². The van der Waals surface area contributed by atoms with E-state index in [-0.39, 0.29) is 11.7 Å². The van der Waals surface area contributed by atoms with E-state index < -0.39 is 17.3 Å². The summed E-state index contributed by atoms with van der Waals surface area (Å²) in [5, 5.41) is 11.5. The Balaban J connectivity index is 1.63.